The summed E-state index contributed by atoms with van der Waals surface area (Å²) in [6.07, 6.45) is 1.02. The van der Waals surface area contributed by atoms with Crippen molar-refractivity contribution in [3.05, 3.63) is 24.3 Å². The molecule has 1 rings (SSSR count). The average Bonchev–Trinajstić information content (AvgIpc) is 2.25. The van der Waals surface area contributed by atoms with Crippen molar-refractivity contribution >= 4 is 0 Å². The molecule has 1 aromatic carbocycles. The molecule has 84 valence electrons. The van der Waals surface area contributed by atoms with E-state index in [1.165, 1.54) is 0 Å². The number of ether oxygens (including phenoxy) is 2. The van der Waals surface area contributed by atoms with E-state index in [4.69, 9.17) is 15.2 Å². The third-order valence-corrected chi connectivity index (χ3v) is 1.81. The lowest BCUT2D eigenvalue weighted by molar-refractivity contribution is 0.293. The maximum absolute atomic E-state index is 5.59. The molecule has 1 atom stereocenters. The molecular weight excluding hydrogens is 190 g/mol. The molecule has 0 heterocycles. The van der Waals surface area contributed by atoms with Gasteiger partial charge in [-0.05, 0) is 37.6 Å². The van der Waals surface area contributed by atoms with E-state index in [-0.39, 0.29) is 6.04 Å². The highest BCUT2D eigenvalue weighted by Gasteiger charge is 1.98. The molecule has 0 saturated carbocycles. The Kier molecular flexibility index (Phi) is 4.98. The predicted octanol–water partition coefficient (Wildman–Crippen LogP) is 2.20. The first-order valence-corrected chi connectivity index (χ1v) is 5.33. The summed E-state index contributed by atoms with van der Waals surface area (Å²) < 4.78 is 10.9. The van der Waals surface area contributed by atoms with E-state index in [1.54, 1.807) is 0 Å². The molecule has 0 aliphatic carbocycles. The van der Waals surface area contributed by atoms with Crippen LogP contribution in [0.25, 0.3) is 0 Å². The quantitative estimate of drug-likeness (QED) is 0.781. The van der Waals surface area contributed by atoms with Gasteiger partial charge >= 0.3 is 0 Å². The molecule has 2 N–H and O–H groups in total. The van der Waals surface area contributed by atoms with Crippen LogP contribution in [0.5, 0.6) is 11.5 Å². The van der Waals surface area contributed by atoms with E-state index in [1.807, 2.05) is 31.2 Å². The summed E-state index contributed by atoms with van der Waals surface area (Å²) in [6.45, 7) is 5.29. The van der Waals surface area contributed by atoms with Gasteiger partial charge in [0.25, 0.3) is 0 Å². The van der Waals surface area contributed by atoms with E-state index in [0.717, 1.165) is 24.5 Å². The molecule has 0 aromatic heterocycles. The van der Waals surface area contributed by atoms with E-state index in [9.17, 15) is 0 Å². The molecule has 3 nitrogen and oxygen atoms in total. The van der Waals surface area contributed by atoms with Crippen molar-refractivity contribution in [2.24, 2.45) is 5.73 Å². The third-order valence-electron chi connectivity index (χ3n) is 1.81. The molecule has 0 saturated heterocycles. The highest BCUT2D eigenvalue weighted by Crippen LogP contribution is 2.17. The highest BCUT2D eigenvalue weighted by molar-refractivity contribution is 5.31. The van der Waals surface area contributed by atoms with Crippen LogP contribution in [0.3, 0.4) is 0 Å². The fraction of sp³-hybridized carbons (Fsp3) is 0.500. The normalized spacial score (nSPS) is 12.2. The van der Waals surface area contributed by atoms with Crippen LogP contribution < -0.4 is 15.2 Å². The number of benzene rings is 1. The number of nitrogens with two attached hydrogens (primary N) is 1. The van der Waals surface area contributed by atoms with Gasteiger partial charge in [0, 0.05) is 6.04 Å². The number of hydrogen-bond donors (Lipinski definition) is 1. The fourth-order valence-electron chi connectivity index (χ4n) is 1.08. The van der Waals surface area contributed by atoms with Gasteiger partial charge in [0.15, 0.2) is 0 Å². The summed E-state index contributed by atoms with van der Waals surface area (Å²) >= 11 is 0. The Morgan fingerprint density at radius 2 is 1.67 bits per heavy atom. The smallest absolute Gasteiger partial charge is 0.119 e. The standard InChI is InChI=1S/C12H19NO2/c1-3-8-14-11-4-6-12(7-5-11)15-9-10(2)13/h4-7,10H,3,8-9,13H2,1-2H3/t10-/m1/s1. The first-order valence-electron chi connectivity index (χ1n) is 5.33. The van der Waals surface area contributed by atoms with Crippen LogP contribution in [0.1, 0.15) is 20.3 Å². The minimum atomic E-state index is 0.0565. The lowest BCUT2D eigenvalue weighted by Gasteiger charge is -2.09. The molecule has 0 aliphatic rings. The van der Waals surface area contributed by atoms with Crippen LogP contribution in [0.2, 0.25) is 0 Å². The van der Waals surface area contributed by atoms with E-state index < -0.39 is 0 Å². The molecule has 0 amide bonds. The van der Waals surface area contributed by atoms with E-state index >= 15 is 0 Å². The van der Waals surface area contributed by atoms with Crippen molar-refractivity contribution in [2.45, 2.75) is 26.3 Å². The van der Waals surface area contributed by atoms with Gasteiger partial charge in [-0.3, -0.25) is 0 Å². The first kappa shape index (κ1) is 11.9. The Morgan fingerprint density at radius 1 is 1.13 bits per heavy atom. The molecule has 0 bridgehead atoms. The fourth-order valence-corrected chi connectivity index (χ4v) is 1.08. The lowest BCUT2D eigenvalue weighted by atomic mass is 10.3. The van der Waals surface area contributed by atoms with Gasteiger partial charge in [-0.2, -0.15) is 0 Å². The largest absolute Gasteiger partial charge is 0.494 e. The number of hydrogen-bond acceptors (Lipinski definition) is 3. The monoisotopic (exact) mass is 209 g/mol. The molecular formula is C12H19NO2. The van der Waals surface area contributed by atoms with Gasteiger partial charge in [0.2, 0.25) is 0 Å². The summed E-state index contributed by atoms with van der Waals surface area (Å²) in [5.74, 6) is 1.71. The van der Waals surface area contributed by atoms with Gasteiger partial charge in [-0.15, -0.1) is 0 Å². The molecule has 1 aromatic rings. The Morgan fingerprint density at radius 3 is 2.13 bits per heavy atom. The van der Waals surface area contributed by atoms with E-state index in [2.05, 4.69) is 6.92 Å². The second-order valence-corrected chi connectivity index (χ2v) is 3.61. The summed E-state index contributed by atoms with van der Waals surface area (Å²) in [5.41, 5.74) is 5.59. The third kappa shape index (κ3) is 4.70. The summed E-state index contributed by atoms with van der Waals surface area (Å²) in [4.78, 5) is 0. The van der Waals surface area contributed by atoms with Crippen molar-refractivity contribution in [1.29, 1.82) is 0 Å². The topological polar surface area (TPSA) is 44.5 Å². The Hall–Kier alpha value is -1.22. The van der Waals surface area contributed by atoms with Crippen LogP contribution in [0.4, 0.5) is 0 Å². The van der Waals surface area contributed by atoms with Crippen LogP contribution in [-0.4, -0.2) is 19.3 Å². The van der Waals surface area contributed by atoms with Crippen LogP contribution >= 0.6 is 0 Å². The molecule has 0 radical (unpaired) electrons. The summed E-state index contributed by atoms with van der Waals surface area (Å²) in [6, 6.07) is 7.67. The Labute approximate surface area is 91.2 Å². The van der Waals surface area contributed by atoms with Gasteiger partial charge in [0.05, 0.1) is 6.61 Å². The molecule has 0 unspecified atom stereocenters. The first-order chi connectivity index (χ1) is 7.22. The maximum atomic E-state index is 5.59. The minimum absolute atomic E-state index is 0.0565. The van der Waals surface area contributed by atoms with Gasteiger partial charge in [-0.25, -0.2) is 0 Å². The zero-order chi connectivity index (χ0) is 11.1. The highest BCUT2D eigenvalue weighted by atomic mass is 16.5. The predicted molar refractivity (Wildman–Crippen MR) is 61.4 cm³/mol. The van der Waals surface area contributed by atoms with Crippen molar-refractivity contribution < 1.29 is 9.47 Å². The van der Waals surface area contributed by atoms with Gasteiger partial charge in [-0.1, -0.05) is 6.92 Å². The number of rotatable bonds is 6. The summed E-state index contributed by atoms with van der Waals surface area (Å²) in [7, 11) is 0. The van der Waals surface area contributed by atoms with Crippen LogP contribution in [-0.2, 0) is 0 Å². The lowest BCUT2D eigenvalue weighted by Crippen LogP contribution is -2.23. The molecule has 15 heavy (non-hydrogen) atoms. The van der Waals surface area contributed by atoms with Crippen LogP contribution in [0.15, 0.2) is 24.3 Å². The molecule has 3 heteroatoms. The second kappa shape index (κ2) is 6.30. The van der Waals surface area contributed by atoms with Crippen LogP contribution in [0, 0.1) is 0 Å². The van der Waals surface area contributed by atoms with Crippen molar-refractivity contribution in [3.8, 4) is 11.5 Å². The average molecular weight is 209 g/mol. The minimum Gasteiger partial charge on any atom is -0.494 e. The summed E-state index contributed by atoms with van der Waals surface area (Å²) in [5, 5.41) is 0. The maximum Gasteiger partial charge on any atom is 0.119 e. The zero-order valence-electron chi connectivity index (χ0n) is 9.40. The SMILES string of the molecule is CCCOc1ccc(OC[C@@H](C)N)cc1. The molecule has 0 aliphatic heterocycles. The zero-order valence-corrected chi connectivity index (χ0v) is 9.40. The Balaban J connectivity index is 2.41. The van der Waals surface area contributed by atoms with Gasteiger partial charge < -0.3 is 15.2 Å². The van der Waals surface area contributed by atoms with Crippen molar-refractivity contribution in [2.75, 3.05) is 13.2 Å². The molecule has 0 fully saturated rings. The van der Waals surface area contributed by atoms with Crippen molar-refractivity contribution in [3.63, 3.8) is 0 Å². The van der Waals surface area contributed by atoms with E-state index in [0.29, 0.717) is 6.61 Å². The second-order valence-electron chi connectivity index (χ2n) is 3.61. The molecule has 0 spiro atoms. The van der Waals surface area contributed by atoms with Gasteiger partial charge in [0.1, 0.15) is 18.1 Å². The van der Waals surface area contributed by atoms with Crippen molar-refractivity contribution in [1.82, 2.24) is 0 Å². The Bertz CT molecular complexity index is 269.